The lowest BCUT2D eigenvalue weighted by Gasteiger charge is -2.23. The van der Waals surface area contributed by atoms with Gasteiger partial charge in [0, 0.05) is 35.8 Å². The molecule has 190 valence electrons. The van der Waals surface area contributed by atoms with Gasteiger partial charge in [0.05, 0.1) is 12.2 Å². The van der Waals surface area contributed by atoms with Crippen LogP contribution >= 0.6 is 0 Å². The number of aromatic amines is 1. The van der Waals surface area contributed by atoms with Gasteiger partial charge in [0.1, 0.15) is 18.2 Å². The summed E-state index contributed by atoms with van der Waals surface area (Å²) in [6, 6.07) is 16.9. The molecule has 1 aliphatic heterocycles. The minimum atomic E-state index is -0.587. The Hall–Kier alpha value is -4.24. The van der Waals surface area contributed by atoms with Crippen LogP contribution in [-0.4, -0.2) is 51.4 Å². The third kappa shape index (κ3) is 4.77. The van der Waals surface area contributed by atoms with Crippen molar-refractivity contribution >= 4 is 11.6 Å². The Morgan fingerprint density at radius 3 is 2.54 bits per heavy atom. The van der Waals surface area contributed by atoms with Crippen LogP contribution in [0.3, 0.4) is 0 Å². The average Bonchev–Trinajstić information content (AvgIpc) is 3.22. The van der Waals surface area contributed by atoms with Gasteiger partial charge in [-0.05, 0) is 48.7 Å². The first-order valence-electron chi connectivity index (χ1n) is 12.1. The summed E-state index contributed by atoms with van der Waals surface area (Å²) >= 11 is 0. The summed E-state index contributed by atoms with van der Waals surface area (Å²) in [4.78, 5) is 19.6. The van der Waals surface area contributed by atoms with E-state index in [1.807, 2.05) is 49.4 Å². The predicted molar refractivity (Wildman–Crippen MR) is 138 cm³/mol. The average molecular weight is 502 g/mol. The molecule has 0 saturated heterocycles. The zero-order chi connectivity index (χ0) is 26.1. The Morgan fingerprint density at radius 2 is 1.86 bits per heavy atom. The number of anilines is 1. The molecule has 0 fully saturated rings. The van der Waals surface area contributed by atoms with E-state index in [0.29, 0.717) is 37.5 Å². The summed E-state index contributed by atoms with van der Waals surface area (Å²) in [5, 5.41) is 17.5. The lowest BCUT2D eigenvalue weighted by molar-refractivity contribution is 0.0731. The fourth-order valence-corrected chi connectivity index (χ4v) is 4.61. The SMILES string of the molecule is CCc1c(C(=O)N2CCOc3ccc(-c4ccc(-c5n[nH]c(C)n5)cc4)cc3C2)ccc(N(C)O)c1F. The van der Waals surface area contributed by atoms with Crippen molar-refractivity contribution in [2.24, 2.45) is 0 Å². The molecule has 0 aliphatic carbocycles. The normalized spacial score (nSPS) is 13.1. The van der Waals surface area contributed by atoms with Gasteiger partial charge >= 0.3 is 0 Å². The summed E-state index contributed by atoms with van der Waals surface area (Å²) in [7, 11) is 1.35. The molecule has 0 radical (unpaired) electrons. The van der Waals surface area contributed by atoms with Crippen molar-refractivity contribution in [1.29, 1.82) is 0 Å². The molecule has 5 rings (SSSR count). The monoisotopic (exact) mass is 501 g/mol. The molecule has 4 aromatic rings. The Balaban J connectivity index is 1.42. The van der Waals surface area contributed by atoms with E-state index in [2.05, 4.69) is 15.2 Å². The van der Waals surface area contributed by atoms with Crippen molar-refractivity contribution in [3.8, 4) is 28.3 Å². The smallest absolute Gasteiger partial charge is 0.254 e. The number of halogens is 1. The van der Waals surface area contributed by atoms with Gasteiger partial charge in [0.2, 0.25) is 0 Å². The summed E-state index contributed by atoms with van der Waals surface area (Å²) in [5.41, 5.74) is 4.41. The number of ether oxygens (including phenoxy) is 1. The second-order valence-electron chi connectivity index (χ2n) is 9.02. The van der Waals surface area contributed by atoms with Gasteiger partial charge in [0.25, 0.3) is 5.91 Å². The van der Waals surface area contributed by atoms with E-state index >= 15 is 4.39 Å². The van der Waals surface area contributed by atoms with Crippen LogP contribution in [0.1, 0.15) is 34.2 Å². The molecular formula is C28H28FN5O3. The van der Waals surface area contributed by atoms with Crippen LogP contribution in [0.2, 0.25) is 0 Å². The highest BCUT2D eigenvalue weighted by Crippen LogP contribution is 2.32. The van der Waals surface area contributed by atoms with Crippen LogP contribution in [0.4, 0.5) is 10.1 Å². The number of amides is 1. The van der Waals surface area contributed by atoms with Gasteiger partial charge in [-0.15, -0.1) is 0 Å². The number of benzene rings is 3. The van der Waals surface area contributed by atoms with Crippen molar-refractivity contribution in [1.82, 2.24) is 20.1 Å². The van der Waals surface area contributed by atoms with Gasteiger partial charge < -0.3 is 9.64 Å². The first kappa shape index (κ1) is 24.5. The third-order valence-corrected chi connectivity index (χ3v) is 6.56. The highest BCUT2D eigenvalue weighted by Gasteiger charge is 2.25. The molecule has 0 atom stereocenters. The number of carbonyl (C=O) groups is 1. The maximum absolute atomic E-state index is 15.0. The first-order valence-corrected chi connectivity index (χ1v) is 12.1. The number of aromatic nitrogens is 3. The van der Waals surface area contributed by atoms with Gasteiger partial charge in [0.15, 0.2) is 11.6 Å². The minimum absolute atomic E-state index is 0.0341. The summed E-state index contributed by atoms with van der Waals surface area (Å²) in [6.07, 6.45) is 0.322. The molecule has 9 heteroatoms. The maximum atomic E-state index is 15.0. The number of hydrogen-bond acceptors (Lipinski definition) is 6. The number of nitrogens with zero attached hydrogens (tertiary/aromatic N) is 4. The number of hydrogen-bond donors (Lipinski definition) is 2. The molecule has 2 heterocycles. The number of hydroxylamine groups is 1. The van der Waals surface area contributed by atoms with E-state index in [1.165, 1.54) is 13.1 Å². The largest absolute Gasteiger partial charge is 0.491 e. The molecule has 0 bridgehead atoms. The van der Waals surface area contributed by atoms with E-state index in [9.17, 15) is 10.0 Å². The third-order valence-electron chi connectivity index (χ3n) is 6.56. The molecule has 37 heavy (non-hydrogen) atoms. The lowest BCUT2D eigenvalue weighted by atomic mass is 10.00. The van der Waals surface area contributed by atoms with E-state index in [1.54, 1.807) is 17.9 Å². The van der Waals surface area contributed by atoms with Crippen molar-refractivity contribution in [3.05, 3.63) is 82.9 Å². The van der Waals surface area contributed by atoms with Gasteiger partial charge in [-0.3, -0.25) is 20.2 Å². The molecule has 1 amide bonds. The molecule has 0 unspecified atom stereocenters. The lowest BCUT2D eigenvalue weighted by Crippen LogP contribution is -2.33. The summed E-state index contributed by atoms with van der Waals surface area (Å²) in [5.74, 6) is 1.28. The fourth-order valence-electron chi connectivity index (χ4n) is 4.61. The second-order valence-corrected chi connectivity index (χ2v) is 9.02. The molecule has 1 aromatic heterocycles. The molecule has 0 spiro atoms. The van der Waals surface area contributed by atoms with Crippen molar-refractivity contribution in [3.63, 3.8) is 0 Å². The zero-order valence-corrected chi connectivity index (χ0v) is 21.0. The first-order chi connectivity index (χ1) is 17.9. The predicted octanol–water partition coefficient (Wildman–Crippen LogP) is 5.01. The minimum Gasteiger partial charge on any atom is -0.491 e. The molecule has 8 nitrogen and oxygen atoms in total. The standard InChI is InChI=1S/C28H28FN5O3/c1-4-22-23(10-11-24(26(22)29)33(3)36)28(35)34-13-14-37-25-12-9-20(15-21(25)16-34)18-5-7-19(8-6-18)27-30-17(2)31-32-27/h5-12,15,36H,4,13-14,16H2,1-3H3,(H,30,31,32). The Bertz CT molecular complexity index is 1450. The van der Waals surface area contributed by atoms with E-state index in [0.717, 1.165) is 38.9 Å². The Labute approximate surface area is 214 Å². The Kier molecular flexibility index (Phi) is 6.62. The van der Waals surface area contributed by atoms with Crippen LogP contribution in [0.15, 0.2) is 54.6 Å². The van der Waals surface area contributed by atoms with Crippen LogP contribution in [0.25, 0.3) is 22.5 Å². The van der Waals surface area contributed by atoms with Crippen LogP contribution in [0, 0.1) is 12.7 Å². The quantitative estimate of drug-likeness (QED) is 0.374. The number of aryl methyl sites for hydroxylation is 1. The Morgan fingerprint density at radius 1 is 1.14 bits per heavy atom. The van der Waals surface area contributed by atoms with Crippen LogP contribution in [-0.2, 0) is 13.0 Å². The van der Waals surface area contributed by atoms with Gasteiger partial charge in [-0.25, -0.2) is 9.37 Å². The van der Waals surface area contributed by atoms with Crippen molar-refractivity contribution in [2.75, 3.05) is 25.3 Å². The van der Waals surface area contributed by atoms with Crippen molar-refractivity contribution in [2.45, 2.75) is 26.8 Å². The number of rotatable bonds is 5. The van der Waals surface area contributed by atoms with Gasteiger partial charge in [-0.2, -0.15) is 5.10 Å². The summed E-state index contributed by atoms with van der Waals surface area (Å²) < 4.78 is 20.9. The van der Waals surface area contributed by atoms with Crippen LogP contribution < -0.4 is 9.80 Å². The number of H-pyrrole nitrogens is 1. The highest BCUT2D eigenvalue weighted by atomic mass is 19.1. The fraction of sp³-hybridized carbons (Fsp3) is 0.250. The van der Waals surface area contributed by atoms with E-state index < -0.39 is 5.82 Å². The second kappa shape index (κ2) is 10.0. The molecule has 3 aromatic carbocycles. The van der Waals surface area contributed by atoms with Crippen molar-refractivity contribution < 1.29 is 19.1 Å². The highest BCUT2D eigenvalue weighted by molar-refractivity contribution is 5.96. The number of carbonyl (C=O) groups excluding carboxylic acids is 1. The number of nitrogens with one attached hydrogen (secondary N) is 1. The van der Waals surface area contributed by atoms with E-state index in [-0.39, 0.29) is 17.2 Å². The van der Waals surface area contributed by atoms with Crippen LogP contribution in [0.5, 0.6) is 5.75 Å². The van der Waals surface area contributed by atoms with E-state index in [4.69, 9.17) is 4.74 Å². The molecule has 0 saturated carbocycles. The number of fused-ring (bicyclic) bond motifs is 1. The molecular weight excluding hydrogens is 473 g/mol. The summed E-state index contributed by atoms with van der Waals surface area (Å²) in [6.45, 7) is 4.70. The molecule has 1 aliphatic rings. The topological polar surface area (TPSA) is 94.6 Å². The van der Waals surface area contributed by atoms with Gasteiger partial charge in [-0.1, -0.05) is 37.3 Å². The maximum Gasteiger partial charge on any atom is 0.254 e. The zero-order valence-electron chi connectivity index (χ0n) is 21.0. The molecule has 2 N–H and O–H groups in total.